The van der Waals surface area contributed by atoms with Crippen molar-refractivity contribution in [2.45, 2.75) is 25.4 Å². The molecule has 0 spiro atoms. The number of nitrogens with two attached hydrogens (primary N) is 2. The summed E-state index contributed by atoms with van der Waals surface area (Å²) in [6, 6.07) is 11.3. The Kier molecular flexibility index (Phi) is 5.60. The van der Waals surface area contributed by atoms with Gasteiger partial charge in [-0.1, -0.05) is 30.0 Å². The standard InChI is InChI=1S/C18H21N7OS/c1-11-17(12(2)25(24-11)13-6-4-3-5-7-13)23-16(26)8-9-27-18-21-14(19)10-15(20)22-18/h3-7,10H,8-9H2,1-2H3,(H,23,26)(H4,19,20,21,22). The molecule has 27 heavy (non-hydrogen) atoms. The van der Waals surface area contributed by atoms with E-state index < -0.39 is 0 Å². The zero-order chi connectivity index (χ0) is 19.4. The molecule has 0 atom stereocenters. The number of nitrogens with zero attached hydrogens (tertiary/aromatic N) is 4. The van der Waals surface area contributed by atoms with E-state index in [2.05, 4.69) is 20.4 Å². The van der Waals surface area contributed by atoms with Gasteiger partial charge < -0.3 is 16.8 Å². The fraction of sp³-hybridized carbons (Fsp3) is 0.222. The normalized spacial score (nSPS) is 10.7. The fourth-order valence-electron chi connectivity index (χ4n) is 2.61. The van der Waals surface area contributed by atoms with E-state index in [1.54, 1.807) is 0 Å². The van der Waals surface area contributed by atoms with Gasteiger partial charge in [-0.3, -0.25) is 4.79 Å². The number of para-hydroxylation sites is 1. The van der Waals surface area contributed by atoms with E-state index in [1.807, 2.05) is 48.9 Å². The number of anilines is 3. The van der Waals surface area contributed by atoms with E-state index in [9.17, 15) is 4.79 Å². The molecule has 9 heteroatoms. The molecule has 0 aliphatic rings. The van der Waals surface area contributed by atoms with Gasteiger partial charge in [-0.05, 0) is 26.0 Å². The van der Waals surface area contributed by atoms with Gasteiger partial charge in [0.1, 0.15) is 11.6 Å². The van der Waals surface area contributed by atoms with Crippen molar-refractivity contribution in [3.8, 4) is 5.69 Å². The zero-order valence-electron chi connectivity index (χ0n) is 15.1. The van der Waals surface area contributed by atoms with Crippen LogP contribution in [0.4, 0.5) is 17.3 Å². The van der Waals surface area contributed by atoms with Crippen LogP contribution in [-0.2, 0) is 4.79 Å². The Morgan fingerprint density at radius 3 is 2.48 bits per heavy atom. The molecule has 2 aromatic heterocycles. The molecule has 0 saturated carbocycles. The van der Waals surface area contributed by atoms with Crippen molar-refractivity contribution in [3.05, 3.63) is 47.8 Å². The number of hydrogen-bond donors (Lipinski definition) is 3. The van der Waals surface area contributed by atoms with Crippen LogP contribution in [0.15, 0.2) is 41.6 Å². The van der Waals surface area contributed by atoms with Crippen LogP contribution in [0, 0.1) is 13.8 Å². The number of nitrogens with one attached hydrogen (secondary N) is 1. The van der Waals surface area contributed by atoms with Gasteiger partial charge in [0.05, 0.1) is 22.8 Å². The van der Waals surface area contributed by atoms with Gasteiger partial charge in [0.2, 0.25) is 5.91 Å². The number of thioether (sulfide) groups is 1. The van der Waals surface area contributed by atoms with Crippen LogP contribution in [0.3, 0.4) is 0 Å². The number of benzene rings is 1. The molecule has 3 rings (SSSR count). The Bertz CT molecular complexity index is 936. The van der Waals surface area contributed by atoms with E-state index >= 15 is 0 Å². The number of nitrogen functional groups attached to an aromatic ring is 2. The minimum atomic E-state index is -0.0989. The Morgan fingerprint density at radius 2 is 1.81 bits per heavy atom. The average Bonchev–Trinajstić information content (AvgIpc) is 2.90. The van der Waals surface area contributed by atoms with Crippen molar-refractivity contribution >= 4 is 35.0 Å². The third-order valence-corrected chi connectivity index (χ3v) is 4.71. The van der Waals surface area contributed by atoms with Crippen LogP contribution in [0.1, 0.15) is 17.8 Å². The molecule has 1 aromatic carbocycles. The molecule has 1 amide bonds. The highest BCUT2D eigenvalue weighted by Crippen LogP contribution is 2.23. The van der Waals surface area contributed by atoms with Gasteiger partial charge in [-0.15, -0.1) is 0 Å². The van der Waals surface area contributed by atoms with Crippen molar-refractivity contribution in [2.24, 2.45) is 0 Å². The van der Waals surface area contributed by atoms with Crippen LogP contribution >= 0.6 is 11.8 Å². The quantitative estimate of drug-likeness (QED) is 0.441. The molecule has 0 aliphatic carbocycles. The number of rotatable bonds is 6. The first-order valence-corrected chi connectivity index (χ1v) is 9.37. The predicted molar refractivity (Wildman–Crippen MR) is 108 cm³/mol. The van der Waals surface area contributed by atoms with E-state index in [1.165, 1.54) is 17.8 Å². The maximum Gasteiger partial charge on any atom is 0.225 e. The highest BCUT2D eigenvalue weighted by atomic mass is 32.2. The van der Waals surface area contributed by atoms with Crippen molar-refractivity contribution in [1.29, 1.82) is 0 Å². The van der Waals surface area contributed by atoms with Gasteiger partial charge in [-0.2, -0.15) is 5.10 Å². The van der Waals surface area contributed by atoms with Crippen LogP contribution in [0.2, 0.25) is 0 Å². The molecule has 0 unspecified atom stereocenters. The lowest BCUT2D eigenvalue weighted by atomic mass is 10.3. The zero-order valence-corrected chi connectivity index (χ0v) is 16.0. The van der Waals surface area contributed by atoms with Crippen molar-refractivity contribution in [2.75, 3.05) is 22.5 Å². The Hall–Kier alpha value is -3.07. The van der Waals surface area contributed by atoms with Crippen LogP contribution in [0.25, 0.3) is 5.69 Å². The molecule has 0 radical (unpaired) electrons. The number of aromatic nitrogens is 4. The second-order valence-corrected chi connectivity index (χ2v) is 7.00. The SMILES string of the molecule is Cc1nn(-c2ccccc2)c(C)c1NC(=O)CCSc1nc(N)cc(N)n1. The highest BCUT2D eigenvalue weighted by molar-refractivity contribution is 7.99. The van der Waals surface area contributed by atoms with Gasteiger partial charge in [0.15, 0.2) is 5.16 Å². The first-order chi connectivity index (χ1) is 12.9. The maximum atomic E-state index is 12.3. The highest BCUT2D eigenvalue weighted by Gasteiger charge is 2.15. The lowest BCUT2D eigenvalue weighted by Crippen LogP contribution is -2.13. The first-order valence-electron chi connectivity index (χ1n) is 8.38. The smallest absolute Gasteiger partial charge is 0.225 e. The molecule has 3 aromatic rings. The van der Waals surface area contributed by atoms with E-state index in [-0.39, 0.29) is 5.91 Å². The Labute approximate surface area is 161 Å². The molecule has 0 aliphatic heterocycles. The first kappa shape index (κ1) is 18.7. The molecule has 0 saturated heterocycles. The van der Waals surface area contributed by atoms with Crippen molar-refractivity contribution < 1.29 is 4.79 Å². The summed E-state index contributed by atoms with van der Waals surface area (Å²) in [5.41, 5.74) is 14.6. The molecule has 0 bridgehead atoms. The summed E-state index contributed by atoms with van der Waals surface area (Å²) in [5, 5.41) is 7.94. The average molecular weight is 383 g/mol. The molecule has 0 fully saturated rings. The molecule has 8 nitrogen and oxygen atoms in total. The fourth-order valence-corrected chi connectivity index (χ4v) is 3.42. The van der Waals surface area contributed by atoms with Gasteiger partial charge in [0.25, 0.3) is 0 Å². The van der Waals surface area contributed by atoms with Gasteiger partial charge in [0, 0.05) is 18.2 Å². The number of aryl methyl sites for hydroxylation is 1. The Morgan fingerprint density at radius 1 is 1.15 bits per heavy atom. The van der Waals surface area contributed by atoms with Crippen LogP contribution in [0.5, 0.6) is 0 Å². The van der Waals surface area contributed by atoms with E-state index in [4.69, 9.17) is 11.5 Å². The second-order valence-electron chi connectivity index (χ2n) is 5.94. The minimum absolute atomic E-state index is 0.0989. The topological polar surface area (TPSA) is 125 Å². The molecule has 2 heterocycles. The number of carbonyl (C=O) groups is 1. The predicted octanol–water partition coefficient (Wildman–Crippen LogP) is 2.56. The van der Waals surface area contributed by atoms with Gasteiger partial charge >= 0.3 is 0 Å². The molecule has 5 N–H and O–H groups in total. The number of amides is 1. The van der Waals surface area contributed by atoms with Gasteiger partial charge in [-0.25, -0.2) is 14.6 Å². The van der Waals surface area contributed by atoms with Crippen LogP contribution in [-0.4, -0.2) is 31.4 Å². The van der Waals surface area contributed by atoms with E-state index in [0.717, 1.165) is 22.8 Å². The van der Waals surface area contributed by atoms with Crippen molar-refractivity contribution in [3.63, 3.8) is 0 Å². The summed E-state index contributed by atoms with van der Waals surface area (Å²) in [4.78, 5) is 20.5. The lowest BCUT2D eigenvalue weighted by molar-refractivity contribution is -0.115. The molecule has 140 valence electrons. The number of hydrogen-bond acceptors (Lipinski definition) is 7. The molecular weight excluding hydrogens is 362 g/mol. The third kappa shape index (κ3) is 4.56. The summed E-state index contributed by atoms with van der Waals surface area (Å²) in [5.74, 6) is 1.04. The van der Waals surface area contributed by atoms with Crippen molar-refractivity contribution in [1.82, 2.24) is 19.7 Å². The Balaban J connectivity index is 1.62. The summed E-state index contributed by atoms with van der Waals surface area (Å²) < 4.78 is 1.82. The monoisotopic (exact) mass is 383 g/mol. The summed E-state index contributed by atoms with van der Waals surface area (Å²) in [7, 11) is 0. The maximum absolute atomic E-state index is 12.3. The lowest BCUT2D eigenvalue weighted by Gasteiger charge is -2.07. The summed E-state index contributed by atoms with van der Waals surface area (Å²) in [6.07, 6.45) is 0.304. The number of carbonyl (C=O) groups excluding carboxylic acids is 1. The minimum Gasteiger partial charge on any atom is -0.383 e. The third-order valence-electron chi connectivity index (χ3n) is 3.86. The van der Waals surface area contributed by atoms with Crippen LogP contribution < -0.4 is 16.8 Å². The largest absolute Gasteiger partial charge is 0.383 e. The summed E-state index contributed by atoms with van der Waals surface area (Å²) in [6.45, 7) is 3.81. The summed E-state index contributed by atoms with van der Waals surface area (Å²) >= 11 is 1.33. The van der Waals surface area contributed by atoms with E-state index in [0.29, 0.717) is 29.0 Å². The second kappa shape index (κ2) is 8.09. The molecular formula is C18H21N7OS.